The minimum atomic E-state index is -0.243. The van der Waals surface area contributed by atoms with Crippen molar-refractivity contribution in [3.63, 3.8) is 0 Å². The van der Waals surface area contributed by atoms with E-state index in [0.29, 0.717) is 19.6 Å². The first-order valence-corrected chi connectivity index (χ1v) is 13.9. The number of carbonyl (C=O) groups is 1. The second-order valence-electron chi connectivity index (χ2n) is 11.0. The van der Waals surface area contributed by atoms with Gasteiger partial charge < -0.3 is 15.4 Å². The van der Waals surface area contributed by atoms with E-state index < -0.39 is 0 Å². The Morgan fingerprint density at radius 2 is 1.74 bits per heavy atom. The van der Waals surface area contributed by atoms with Crippen LogP contribution in [0.4, 0.5) is 11.4 Å². The number of carbonyl (C=O) groups excluding carboxylic acids is 1. The molecular formula is C31H30BrN5O2. The summed E-state index contributed by atoms with van der Waals surface area (Å²) >= 11 is 3.46. The standard InChI is InChI=1S/C31H30BrN5O2/c1-31(2)15-27-29(28(38)16-31)30(34-26-6-4-3-5-25(26)33-27)21-9-13-24(14-10-21)39-19-23-18-37(36-35-23)17-20-7-11-22(32)12-8-20/h3-14,18,30,33-34H,15-17,19H2,1-2H3. The molecule has 2 aliphatic rings. The molecule has 2 heterocycles. The Labute approximate surface area is 236 Å². The van der Waals surface area contributed by atoms with E-state index in [-0.39, 0.29) is 17.2 Å². The van der Waals surface area contributed by atoms with E-state index in [0.717, 1.165) is 56.1 Å². The number of ether oxygens (including phenoxy) is 1. The van der Waals surface area contributed by atoms with Gasteiger partial charge in [0.05, 0.1) is 30.2 Å². The van der Waals surface area contributed by atoms with E-state index in [1.54, 1.807) is 0 Å². The first-order valence-electron chi connectivity index (χ1n) is 13.1. The molecule has 3 aromatic carbocycles. The fourth-order valence-corrected chi connectivity index (χ4v) is 5.58. The Bertz CT molecular complexity index is 1540. The molecule has 0 radical (unpaired) electrons. The summed E-state index contributed by atoms with van der Waals surface area (Å²) in [5.74, 6) is 0.921. The lowest BCUT2D eigenvalue weighted by Crippen LogP contribution is -2.31. The van der Waals surface area contributed by atoms with Gasteiger partial charge in [0, 0.05) is 22.2 Å². The monoisotopic (exact) mass is 583 g/mol. The van der Waals surface area contributed by atoms with Crippen molar-refractivity contribution >= 4 is 33.1 Å². The lowest BCUT2D eigenvalue weighted by molar-refractivity contribution is -0.118. The van der Waals surface area contributed by atoms with Crippen LogP contribution in [0.15, 0.2) is 94.7 Å². The lowest BCUT2D eigenvalue weighted by Gasteiger charge is -2.34. The number of nitrogens with zero attached hydrogens (tertiary/aromatic N) is 3. The number of Topliss-reactive ketones (excluding diaryl/α,β-unsaturated/α-hetero) is 1. The van der Waals surface area contributed by atoms with Crippen LogP contribution >= 0.6 is 15.9 Å². The predicted octanol–water partition coefficient (Wildman–Crippen LogP) is 6.89. The lowest BCUT2D eigenvalue weighted by atomic mass is 9.73. The molecule has 0 amide bonds. The topological polar surface area (TPSA) is 81.1 Å². The average Bonchev–Trinajstić information content (AvgIpc) is 3.28. The van der Waals surface area contributed by atoms with Gasteiger partial charge in [-0.2, -0.15) is 0 Å². The molecular weight excluding hydrogens is 554 g/mol. The van der Waals surface area contributed by atoms with Crippen molar-refractivity contribution in [2.45, 2.75) is 45.9 Å². The summed E-state index contributed by atoms with van der Waals surface area (Å²) in [6.45, 7) is 5.28. The summed E-state index contributed by atoms with van der Waals surface area (Å²) in [6, 6.07) is 24.0. The zero-order valence-corrected chi connectivity index (χ0v) is 23.5. The van der Waals surface area contributed by atoms with Crippen LogP contribution in [0.25, 0.3) is 0 Å². The third-order valence-electron chi connectivity index (χ3n) is 7.17. The van der Waals surface area contributed by atoms with Crippen LogP contribution in [-0.2, 0) is 17.9 Å². The molecule has 0 saturated carbocycles. The molecule has 1 aliphatic heterocycles. The van der Waals surface area contributed by atoms with E-state index >= 15 is 0 Å². The van der Waals surface area contributed by atoms with Crippen LogP contribution in [0.1, 0.15) is 49.6 Å². The van der Waals surface area contributed by atoms with Gasteiger partial charge >= 0.3 is 0 Å². The smallest absolute Gasteiger partial charge is 0.163 e. The van der Waals surface area contributed by atoms with E-state index in [1.165, 1.54) is 0 Å². The highest BCUT2D eigenvalue weighted by molar-refractivity contribution is 9.10. The number of fused-ring (bicyclic) bond motifs is 1. The van der Waals surface area contributed by atoms with Gasteiger partial charge in [0.1, 0.15) is 18.1 Å². The Morgan fingerprint density at radius 3 is 2.51 bits per heavy atom. The minimum Gasteiger partial charge on any atom is -0.487 e. The number of ketones is 1. The fraction of sp³-hybridized carbons (Fsp3) is 0.258. The number of benzene rings is 3. The Morgan fingerprint density at radius 1 is 1.00 bits per heavy atom. The average molecular weight is 585 g/mol. The maximum absolute atomic E-state index is 13.4. The number of allylic oxidation sites excluding steroid dienone is 1. The molecule has 39 heavy (non-hydrogen) atoms. The molecule has 4 aromatic rings. The van der Waals surface area contributed by atoms with Crippen LogP contribution in [0.2, 0.25) is 0 Å². The van der Waals surface area contributed by atoms with Gasteiger partial charge in [-0.05, 0) is 59.4 Å². The second-order valence-corrected chi connectivity index (χ2v) is 11.9. The molecule has 2 N–H and O–H groups in total. The molecule has 0 bridgehead atoms. The molecule has 1 atom stereocenters. The van der Waals surface area contributed by atoms with Crippen molar-refractivity contribution in [3.8, 4) is 5.75 Å². The summed E-state index contributed by atoms with van der Waals surface area (Å²) in [4.78, 5) is 13.4. The third kappa shape index (κ3) is 5.61. The molecule has 1 aliphatic carbocycles. The summed E-state index contributed by atoms with van der Waals surface area (Å²) in [6.07, 6.45) is 3.26. The number of halogens is 1. The first-order chi connectivity index (χ1) is 18.8. The van der Waals surface area contributed by atoms with E-state index in [4.69, 9.17) is 4.74 Å². The summed E-state index contributed by atoms with van der Waals surface area (Å²) in [5, 5.41) is 15.7. The van der Waals surface area contributed by atoms with Crippen LogP contribution in [0, 0.1) is 5.41 Å². The quantitative estimate of drug-likeness (QED) is 0.257. The number of aromatic nitrogens is 3. The van der Waals surface area contributed by atoms with Gasteiger partial charge in [-0.1, -0.05) is 71.4 Å². The largest absolute Gasteiger partial charge is 0.487 e. The van der Waals surface area contributed by atoms with E-state index in [9.17, 15) is 4.79 Å². The normalized spacial score (nSPS) is 17.9. The van der Waals surface area contributed by atoms with Gasteiger partial charge in [-0.3, -0.25) is 4.79 Å². The number of nitrogens with one attached hydrogen (secondary N) is 2. The second kappa shape index (κ2) is 10.3. The number of anilines is 2. The van der Waals surface area contributed by atoms with Crippen molar-refractivity contribution in [3.05, 3.63) is 112 Å². The van der Waals surface area contributed by atoms with Gasteiger partial charge in [0.25, 0.3) is 0 Å². The van der Waals surface area contributed by atoms with Gasteiger partial charge in [0.2, 0.25) is 0 Å². The van der Waals surface area contributed by atoms with E-state index in [1.807, 2.05) is 71.5 Å². The Balaban J connectivity index is 1.18. The van der Waals surface area contributed by atoms with Crippen LogP contribution in [-0.4, -0.2) is 20.8 Å². The van der Waals surface area contributed by atoms with Crippen LogP contribution < -0.4 is 15.4 Å². The van der Waals surface area contributed by atoms with Crippen molar-refractivity contribution in [1.82, 2.24) is 15.0 Å². The van der Waals surface area contributed by atoms with Crippen molar-refractivity contribution in [1.29, 1.82) is 0 Å². The van der Waals surface area contributed by atoms with E-state index in [2.05, 4.69) is 62.9 Å². The SMILES string of the molecule is CC1(C)CC(=O)C2=C(C1)Nc1ccccc1NC2c1ccc(OCc2cn(Cc3ccc(Br)cc3)nn2)cc1. The van der Waals surface area contributed by atoms with Crippen LogP contribution in [0.3, 0.4) is 0 Å². The molecule has 7 nitrogen and oxygen atoms in total. The number of rotatable bonds is 6. The minimum absolute atomic E-state index is 0.0788. The fourth-order valence-electron chi connectivity index (χ4n) is 5.31. The Kier molecular flexibility index (Phi) is 6.73. The molecule has 0 saturated heterocycles. The zero-order chi connectivity index (χ0) is 27.0. The molecule has 0 spiro atoms. The van der Waals surface area contributed by atoms with Crippen molar-refractivity contribution < 1.29 is 9.53 Å². The summed E-state index contributed by atoms with van der Waals surface area (Å²) in [5.41, 5.74) is 6.64. The predicted molar refractivity (Wildman–Crippen MR) is 156 cm³/mol. The van der Waals surface area contributed by atoms with Gasteiger partial charge in [0.15, 0.2) is 5.78 Å². The van der Waals surface area contributed by atoms with Crippen molar-refractivity contribution in [2.75, 3.05) is 10.6 Å². The summed E-state index contributed by atoms with van der Waals surface area (Å²) < 4.78 is 8.87. The third-order valence-corrected chi connectivity index (χ3v) is 7.69. The molecule has 8 heteroatoms. The highest BCUT2D eigenvalue weighted by Gasteiger charge is 2.38. The molecule has 1 aromatic heterocycles. The highest BCUT2D eigenvalue weighted by Crippen LogP contribution is 2.45. The van der Waals surface area contributed by atoms with Gasteiger partial charge in [-0.25, -0.2) is 4.68 Å². The first kappa shape index (κ1) is 25.4. The molecule has 0 fully saturated rings. The zero-order valence-electron chi connectivity index (χ0n) is 21.9. The highest BCUT2D eigenvalue weighted by atomic mass is 79.9. The number of para-hydroxylation sites is 2. The molecule has 6 rings (SSSR count). The number of hydrogen-bond acceptors (Lipinski definition) is 6. The maximum atomic E-state index is 13.4. The van der Waals surface area contributed by atoms with Crippen molar-refractivity contribution in [2.24, 2.45) is 5.41 Å². The number of hydrogen-bond donors (Lipinski definition) is 2. The maximum Gasteiger partial charge on any atom is 0.163 e. The Hall–Kier alpha value is -3.91. The van der Waals surface area contributed by atoms with Gasteiger partial charge in [-0.15, -0.1) is 5.10 Å². The summed E-state index contributed by atoms with van der Waals surface area (Å²) in [7, 11) is 0. The molecule has 198 valence electrons. The molecule has 1 unspecified atom stereocenters. The van der Waals surface area contributed by atoms with Crippen LogP contribution in [0.5, 0.6) is 5.75 Å².